The smallest absolute Gasteiger partial charge is 0.336 e. The van der Waals surface area contributed by atoms with Crippen LogP contribution in [-0.2, 0) is 19.1 Å². The zero-order chi connectivity index (χ0) is 28.3. The van der Waals surface area contributed by atoms with Gasteiger partial charge in [0.25, 0.3) is 0 Å². The molecule has 2 aliphatic rings. The highest BCUT2D eigenvalue weighted by atomic mass is 16.6. The third-order valence-corrected chi connectivity index (χ3v) is 6.97. The first kappa shape index (κ1) is 27.6. The van der Waals surface area contributed by atoms with Crippen LogP contribution in [0.15, 0.2) is 58.9 Å². The number of carbonyl (C=O) groups is 2. The summed E-state index contributed by atoms with van der Waals surface area (Å²) in [4.78, 5) is 38.2. The Hall–Kier alpha value is -4.38. The summed E-state index contributed by atoms with van der Waals surface area (Å²) in [6.45, 7) is 1.84. The van der Waals surface area contributed by atoms with Crippen molar-refractivity contribution in [2.45, 2.75) is 31.6 Å². The molecule has 11 nitrogen and oxygen atoms in total. The quantitative estimate of drug-likeness (QED) is 0.209. The summed E-state index contributed by atoms with van der Waals surface area (Å²) in [7, 11) is 4.31. The number of carbonyl (C=O) groups excluding carboxylic acids is 2. The van der Waals surface area contributed by atoms with E-state index in [0.717, 1.165) is 11.6 Å². The Morgan fingerprint density at radius 2 is 1.82 bits per heavy atom. The largest absolute Gasteiger partial charge is 0.500 e. The highest BCUT2D eigenvalue weighted by molar-refractivity contribution is 6.04. The van der Waals surface area contributed by atoms with Crippen LogP contribution in [0.2, 0.25) is 0 Å². The molecular weight excluding hydrogens is 508 g/mol. The van der Waals surface area contributed by atoms with Crippen molar-refractivity contribution in [1.82, 2.24) is 5.32 Å². The first-order chi connectivity index (χ1) is 18.7. The molecule has 0 fully saturated rings. The topological polar surface area (TPSA) is 146 Å². The molecule has 0 saturated heterocycles. The van der Waals surface area contributed by atoms with Crippen LogP contribution in [0.4, 0.5) is 5.69 Å². The second-order valence-electron chi connectivity index (χ2n) is 9.24. The molecule has 0 amide bonds. The van der Waals surface area contributed by atoms with Crippen molar-refractivity contribution in [3.05, 3.63) is 80.2 Å². The predicted octanol–water partition coefficient (Wildman–Crippen LogP) is 3.87. The van der Waals surface area contributed by atoms with Crippen molar-refractivity contribution in [1.29, 1.82) is 0 Å². The van der Waals surface area contributed by atoms with Crippen molar-refractivity contribution in [3.8, 4) is 17.2 Å². The van der Waals surface area contributed by atoms with Gasteiger partial charge in [-0.25, -0.2) is 4.79 Å². The summed E-state index contributed by atoms with van der Waals surface area (Å²) < 4.78 is 21.1. The lowest BCUT2D eigenvalue weighted by Gasteiger charge is -2.37. The van der Waals surface area contributed by atoms with Crippen LogP contribution in [0, 0.1) is 10.1 Å². The maximum absolute atomic E-state index is 13.8. The van der Waals surface area contributed by atoms with Gasteiger partial charge in [-0.3, -0.25) is 14.9 Å². The molecule has 2 aromatic rings. The van der Waals surface area contributed by atoms with Gasteiger partial charge in [-0.2, -0.15) is 0 Å². The van der Waals surface area contributed by atoms with Gasteiger partial charge in [-0.15, -0.1) is 0 Å². The number of allylic oxidation sites excluding steroid dienone is 3. The van der Waals surface area contributed by atoms with Gasteiger partial charge in [0.15, 0.2) is 11.5 Å². The fourth-order valence-corrected chi connectivity index (χ4v) is 5.24. The highest BCUT2D eigenvalue weighted by Gasteiger charge is 2.43. The molecule has 1 heterocycles. The Labute approximate surface area is 225 Å². The number of nitrogens with zero attached hydrogens (tertiary/aromatic N) is 1. The summed E-state index contributed by atoms with van der Waals surface area (Å²) in [5.41, 5.74) is 2.02. The molecule has 39 heavy (non-hydrogen) atoms. The van der Waals surface area contributed by atoms with E-state index in [1.165, 1.54) is 20.3 Å². The third-order valence-electron chi connectivity index (χ3n) is 6.97. The highest BCUT2D eigenvalue weighted by Crippen LogP contribution is 2.49. The van der Waals surface area contributed by atoms with Crippen LogP contribution < -0.4 is 14.8 Å². The van der Waals surface area contributed by atoms with E-state index in [0.29, 0.717) is 29.1 Å². The number of dihydropyridines is 1. The molecule has 0 aromatic heterocycles. The van der Waals surface area contributed by atoms with E-state index in [1.54, 1.807) is 14.0 Å². The van der Waals surface area contributed by atoms with E-state index in [1.807, 2.05) is 24.3 Å². The van der Waals surface area contributed by atoms with Gasteiger partial charge in [0.05, 0.1) is 31.3 Å². The number of phenolic OH excluding ortho intramolecular Hbond substituents is 1. The summed E-state index contributed by atoms with van der Waals surface area (Å²) in [5, 5.41) is 25.4. The lowest BCUT2D eigenvalue weighted by Crippen LogP contribution is -2.36. The Balaban J connectivity index is 1.87. The normalized spacial score (nSPS) is 18.8. The number of hydrogen-bond acceptors (Lipinski definition) is 10. The summed E-state index contributed by atoms with van der Waals surface area (Å²) in [6, 6.07) is 10.0. The number of ether oxygens (including phenoxy) is 4. The minimum atomic E-state index is -0.990. The van der Waals surface area contributed by atoms with Gasteiger partial charge >= 0.3 is 11.7 Å². The zero-order valence-corrected chi connectivity index (χ0v) is 22.1. The van der Waals surface area contributed by atoms with Crippen molar-refractivity contribution >= 4 is 17.4 Å². The lowest BCUT2D eigenvalue weighted by atomic mass is 9.71. The number of nitrogens with one attached hydrogen (secondary N) is 1. The van der Waals surface area contributed by atoms with Gasteiger partial charge in [-0.1, -0.05) is 18.2 Å². The minimum absolute atomic E-state index is 0.0202. The molecule has 0 bridgehead atoms. The molecule has 1 aliphatic heterocycles. The maximum Gasteiger partial charge on any atom is 0.336 e. The van der Waals surface area contributed by atoms with E-state index in [9.17, 15) is 24.8 Å². The number of benzene rings is 2. The number of ketones is 1. The average molecular weight is 539 g/mol. The molecule has 0 saturated carbocycles. The van der Waals surface area contributed by atoms with Crippen LogP contribution in [0.5, 0.6) is 17.2 Å². The van der Waals surface area contributed by atoms with E-state index < -0.39 is 28.2 Å². The fraction of sp³-hybridized carbons (Fsp3) is 0.357. The summed E-state index contributed by atoms with van der Waals surface area (Å²) in [5.74, 6) is -2.23. The van der Waals surface area contributed by atoms with Crippen molar-refractivity contribution in [2.75, 3.05) is 34.5 Å². The monoisotopic (exact) mass is 538 g/mol. The Morgan fingerprint density at radius 1 is 1.10 bits per heavy atom. The van der Waals surface area contributed by atoms with Crippen LogP contribution in [0.3, 0.4) is 0 Å². The van der Waals surface area contributed by atoms with Crippen molar-refractivity contribution in [3.63, 3.8) is 0 Å². The van der Waals surface area contributed by atoms with Crippen LogP contribution in [0.1, 0.15) is 42.7 Å². The van der Waals surface area contributed by atoms with Crippen LogP contribution in [0.25, 0.3) is 0 Å². The fourth-order valence-electron chi connectivity index (χ4n) is 5.24. The van der Waals surface area contributed by atoms with Gasteiger partial charge in [0.1, 0.15) is 12.4 Å². The number of methoxy groups -OCH3 is 3. The lowest BCUT2D eigenvalue weighted by molar-refractivity contribution is -0.386. The zero-order valence-electron chi connectivity index (χ0n) is 22.1. The predicted molar refractivity (Wildman–Crippen MR) is 140 cm³/mol. The number of nitro benzene ring substituents is 1. The molecule has 2 N–H and O–H groups in total. The number of nitro groups is 1. The molecule has 4 rings (SSSR count). The molecule has 2 aromatic carbocycles. The van der Waals surface area contributed by atoms with E-state index in [4.69, 9.17) is 18.9 Å². The molecule has 206 valence electrons. The standard InChI is InChI=1S/C28H30N2O9/c1-15-24(28(33)39-10-9-36-2)25(17-12-20(30(34)35)27(32)23(14-17)38-4)26-19(29-15)11-16(13-21(26)31)18-7-5-6-8-22(18)37-3/h5-8,12,14,16,25,29,32H,9-11,13H2,1-4H3. The van der Waals surface area contributed by atoms with E-state index in [-0.39, 0.29) is 48.2 Å². The summed E-state index contributed by atoms with van der Waals surface area (Å²) >= 11 is 0. The van der Waals surface area contributed by atoms with Gasteiger partial charge < -0.3 is 29.4 Å². The van der Waals surface area contributed by atoms with Gasteiger partial charge in [-0.05, 0) is 36.6 Å². The number of phenols is 1. The van der Waals surface area contributed by atoms with Crippen LogP contribution >= 0.6 is 0 Å². The van der Waals surface area contributed by atoms with Gasteiger partial charge in [0, 0.05) is 48.4 Å². The third kappa shape index (κ3) is 5.30. The number of Topliss-reactive ketones (excluding diaryl/α,β-unsaturated/α-hetero) is 1. The molecular formula is C28H30N2O9. The van der Waals surface area contributed by atoms with Crippen molar-refractivity contribution < 1.29 is 38.6 Å². The molecule has 2 unspecified atom stereocenters. The van der Waals surface area contributed by atoms with Crippen molar-refractivity contribution in [2.24, 2.45) is 0 Å². The Morgan fingerprint density at radius 3 is 2.49 bits per heavy atom. The van der Waals surface area contributed by atoms with E-state index in [2.05, 4.69) is 5.32 Å². The number of esters is 1. The number of rotatable bonds is 9. The first-order valence-corrected chi connectivity index (χ1v) is 12.3. The maximum atomic E-state index is 13.8. The first-order valence-electron chi connectivity index (χ1n) is 12.3. The number of para-hydroxylation sites is 1. The van der Waals surface area contributed by atoms with Crippen LogP contribution in [-0.4, -0.2) is 56.3 Å². The molecule has 2 atom stereocenters. The molecule has 0 spiro atoms. The van der Waals surface area contributed by atoms with E-state index >= 15 is 0 Å². The van der Waals surface area contributed by atoms with Gasteiger partial charge in [0.2, 0.25) is 5.75 Å². The number of aromatic hydroxyl groups is 1. The minimum Gasteiger partial charge on any atom is -0.500 e. The Bertz CT molecular complexity index is 1380. The number of hydrogen-bond donors (Lipinski definition) is 2. The molecule has 11 heteroatoms. The second kappa shape index (κ2) is 11.6. The molecule has 0 radical (unpaired) electrons. The average Bonchev–Trinajstić information content (AvgIpc) is 2.92. The Kier molecular flexibility index (Phi) is 8.20. The summed E-state index contributed by atoms with van der Waals surface area (Å²) in [6.07, 6.45) is 0.582. The molecule has 1 aliphatic carbocycles. The SMILES string of the molecule is COCCOC(=O)C1=C(C)NC2=C(C(=O)CC(c3ccccc3OC)C2)C1c1cc(OC)c(O)c([N+](=O)[O-])c1. The second-order valence-corrected chi connectivity index (χ2v) is 9.24.